The number of pyridine rings is 1. The molecule has 3 amide bonds. The number of amides is 3. The Morgan fingerprint density at radius 1 is 1.32 bits per heavy atom. The first-order chi connectivity index (χ1) is 10.6. The standard InChI is InChI=1S/C16H17N3O2S/c1-10-8-15(18-13-5-3-2-4-12(10)13)22-9-14(20)19-16(21)17-11-6-7-11/h2-5,8,11H,6-7,9H2,1H3,(H2,17,19,20,21). The van der Waals surface area contributed by atoms with Gasteiger partial charge in [-0.2, -0.15) is 0 Å². The van der Waals surface area contributed by atoms with E-state index in [1.165, 1.54) is 11.8 Å². The molecule has 114 valence electrons. The first kappa shape index (κ1) is 14.8. The van der Waals surface area contributed by atoms with Crippen molar-refractivity contribution in [2.45, 2.75) is 30.8 Å². The fourth-order valence-electron chi connectivity index (χ4n) is 2.14. The van der Waals surface area contributed by atoms with Crippen molar-refractivity contribution >= 4 is 34.6 Å². The summed E-state index contributed by atoms with van der Waals surface area (Å²) < 4.78 is 0. The number of thioether (sulfide) groups is 1. The molecule has 6 heteroatoms. The predicted molar refractivity (Wildman–Crippen MR) is 86.9 cm³/mol. The summed E-state index contributed by atoms with van der Waals surface area (Å²) in [4.78, 5) is 27.8. The van der Waals surface area contributed by atoms with Crippen LogP contribution in [0.1, 0.15) is 18.4 Å². The van der Waals surface area contributed by atoms with Crippen LogP contribution >= 0.6 is 11.8 Å². The Hall–Kier alpha value is -2.08. The van der Waals surface area contributed by atoms with Gasteiger partial charge in [-0.25, -0.2) is 9.78 Å². The lowest BCUT2D eigenvalue weighted by Gasteiger charge is -2.07. The van der Waals surface area contributed by atoms with Crippen molar-refractivity contribution in [2.75, 3.05) is 5.75 Å². The van der Waals surface area contributed by atoms with Gasteiger partial charge in [0.05, 0.1) is 16.3 Å². The van der Waals surface area contributed by atoms with Gasteiger partial charge in [0.2, 0.25) is 5.91 Å². The number of hydrogen-bond acceptors (Lipinski definition) is 4. The lowest BCUT2D eigenvalue weighted by molar-refractivity contribution is -0.117. The van der Waals surface area contributed by atoms with E-state index in [1.807, 2.05) is 37.3 Å². The summed E-state index contributed by atoms with van der Waals surface area (Å²) >= 11 is 1.33. The zero-order valence-corrected chi connectivity index (χ0v) is 13.1. The van der Waals surface area contributed by atoms with Gasteiger partial charge in [0.1, 0.15) is 0 Å². The number of aromatic nitrogens is 1. The third-order valence-electron chi connectivity index (χ3n) is 3.42. The second kappa shape index (κ2) is 6.36. The Morgan fingerprint density at radius 2 is 2.09 bits per heavy atom. The monoisotopic (exact) mass is 315 g/mol. The molecule has 3 rings (SSSR count). The van der Waals surface area contributed by atoms with Crippen molar-refractivity contribution in [1.82, 2.24) is 15.6 Å². The maximum absolute atomic E-state index is 11.8. The van der Waals surface area contributed by atoms with E-state index in [-0.39, 0.29) is 17.7 Å². The Kier molecular flexibility index (Phi) is 4.29. The van der Waals surface area contributed by atoms with Crippen molar-refractivity contribution in [3.63, 3.8) is 0 Å². The minimum absolute atomic E-state index is 0.170. The first-order valence-electron chi connectivity index (χ1n) is 7.21. The number of carbonyl (C=O) groups is 2. The van der Waals surface area contributed by atoms with Gasteiger partial charge in [0.15, 0.2) is 0 Å². The molecule has 0 radical (unpaired) electrons. The fraction of sp³-hybridized carbons (Fsp3) is 0.312. The van der Waals surface area contributed by atoms with Crippen LogP contribution in [0, 0.1) is 6.92 Å². The lowest BCUT2D eigenvalue weighted by Crippen LogP contribution is -2.41. The van der Waals surface area contributed by atoms with Gasteiger partial charge < -0.3 is 5.32 Å². The summed E-state index contributed by atoms with van der Waals surface area (Å²) in [5, 5.41) is 6.95. The number of fused-ring (bicyclic) bond motifs is 1. The quantitative estimate of drug-likeness (QED) is 0.851. The van der Waals surface area contributed by atoms with Crippen LogP contribution in [0.25, 0.3) is 10.9 Å². The fourth-order valence-corrected chi connectivity index (χ4v) is 2.92. The van der Waals surface area contributed by atoms with Crippen LogP contribution in [0.4, 0.5) is 4.79 Å². The van der Waals surface area contributed by atoms with Gasteiger partial charge in [-0.15, -0.1) is 0 Å². The number of nitrogens with one attached hydrogen (secondary N) is 2. The molecule has 0 spiro atoms. The first-order valence-corrected chi connectivity index (χ1v) is 8.20. The highest BCUT2D eigenvalue weighted by atomic mass is 32.2. The van der Waals surface area contributed by atoms with Crippen LogP contribution in [0.3, 0.4) is 0 Å². The number of imide groups is 1. The number of rotatable bonds is 4. The van der Waals surface area contributed by atoms with Crippen molar-refractivity contribution in [3.05, 3.63) is 35.9 Å². The number of hydrogen-bond donors (Lipinski definition) is 2. The van der Waals surface area contributed by atoms with Gasteiger partial charge in [-0.05, 0) is 37.5 Å². The molecule has 1 aromatic carbocycles. The SMILES string of the molecule is Cc1cc(SCC(=O)NC(=O)NC2CC2)nc2ccccc12. The number of carbonyl (C=O) groups excluding carboxylic acids is 2. The topological polar surface area (TPSA) is 71.1 Å². The highest BCUT2D eigenvalue weighted by molar-refractivity contribution is 7.99. The summed E-state index contributed by atoms with van der Waals surface area (Å²) in [5.74, 6) is -0.140. The van der Waals surface area contributed by atoms with E-state index in [1.54, 1.807) is 0 Å². The molecule has 5 nitrogen and oxygen atoms in total. The number of benzene rings is 1. The maximum Gasteiger partial charge on any atom is 0.321 e. The molecule has 0 aliphatic heterocycles. The average molecular weight is 315 g/mol. The predicted octanol–water partition coefficient (Wildman–Crippen LogP) is 2.62. The van der Waals surface area contributed by atoms with E-state index in [0.717, 1.165) is 34.3 Å². The largest absolute Gasteiger partial charge is 0.335 e. The lowest BCUT2D eigenvalue weighted by atomic mass is 10.1. The number of nitrogens with zero attached hydrogens (tertiary/aromatic N) is 1. The van der Waals surface area contributed by atoms with Crippen molar-refractivity contribution in [2.24, 2.45) is 0 Å². The van der Waals surface area contributed by atoms with E-state index in [4.69, 9.17) is 0 Å². The van der Waals surface area contributed by atoms with E-state index in [9.17, 15) is 9.59 Å². The number of para-hydroxylation sites is 1. The second-order valence-electron chi connectivity index (χ2n) is 5.38. The zero-order valence-electron chi connectivity index (χ0n) is 12.3. The van der Waals surface area contributed by atoms with E-state index >= 15 is 0 Å². The van der Waals surface area contributed by atoms with Crippen LogP contribution < -0.4 is 10.6 Å². The summed E-state index contributed by atoms with van der Waals surface area (Å²) in [6, 6.07) is 9.70. The molecule has 0 unspecified atom stereocenters. The van der Waals surface area contributed by atoms with Crippen molar-refractivity contribution < 1.29 is 9.59 Å². The Morgan fingerprint density at radius 3 is 2.86 bits per heavy atom. The molecular formula is C16H17N3O2S. The van der Waals surface area contributed by atoms with Gasteiger partial charge in [0.25, 0.3) is 0 Å². The molecule has 1 heterocycles. The van der Waals surface area contributed by atoms with Crippen LogP contribution in [0.2, 0.25) is 0 Å². The highest BCUT2D eigenvalue weighted by Gasteiger charge is 2.23. The molecule has 22 heavy (non-hydrogen) atoms. The molecule has 2 N–H and O–H groups in total. The number of aryl methyl sites for hydroxylation is 1. The summed E-state index contributed by atoms with van der Waals surface area (Å²) in [6.45, 7) is 2.03. The Bertz CT molecular complexity index is 728. The third kappa shape index (κ3) is 3.76. The summed E-state index contributed by atoms with van der Waals surface area (Å²) in [7, 11) is 0. The molecule has 2 aromatic rings. The van der Waals surface area contributed by atoms with Gasteiger partial charge >= 0.3 is 6.03 Å². The van der Waals surface area contributed by atoms with Crippen LogP contribution in [0.15, 0.2) is 35.4 Å². The minimum atomic E-state index is -0.407. The molecule has 1 aliphatic rings. The van der Waals surface area contributed by atoms with Gasteiger partial charge in [0, 0.05) is 11.4 Å². The van der Waals surface area contributed by atoms with E-state index < -0.39 is 6.03 Å². The van der Waals surface area contributed by atoms with Crippen LogP contribution in [0.5, 0.6) is 0 Å². The second-order valence-corrected chi connectivity index (χ2v) is 6.37. The maximum atomic E-state index is 11.8. The minimum Gasteiger partial charge on any atom is -0.335 e. The van der Waals surface area contributed by atoms with Crippen molar-refractivity contribution in [3.8, 4) is 0 Å². The number of urea groups is 1. The molecular weight excluding hydrogens is 298 g/mol. The van der Waals surface area contributed by atoms with Gasteiger partial charge in [-0.1, -0.05) is 30.0 Å². The van der Waals surface area contributed by atoms with Gasteiger partial charge in [-0.3, -0.25) is 10.1 Å². The molecule has 1 fully saturated rings. The molecule has 0 bridgehead atoms. The normalized spacial score (nSPS) is 13.9. The Balaban J connectivity index is 1.58. The van der Waals surface area contributed by atoms with E-state index in [0.29, 0.717) is 0 Å². The van der Waals surface area contributed by atoms with Crippen molar-refractivity contribution in [1.29, 1.82) is 0 Å². The molecule has 0 atom stereocenters. The highest BCUT2D eigenvalue weighted by Crippen LogP contribution is 2.23. The average Bonchev–Trinajstić information content (AvgIpc) is 3.29. The summed E-state index contributed by atoms with van der Waals surface area (Å²) in [6.07, 6.45) is 1.99. The zero-order chi connectivity index (χ0) is 15.5. The summed E-state index contributed by atoms with van der Waals surface area (Å²) in [5.41, 5.74) is 2.04. The Labute approximate surface area is 132 Å². The molecule has 0 saturated heterocycles. The smallest absolute Gasteiger partial charge is 0.321 e. The molecule has 1 aromatic heterocycles. The van der Waals surface area contributed by atoms with Crippen LogP contribution in [-0.2, 0) is 4.79 Å². The molecule has 1 aliphatic carbocycles. The third-order valence-corrected chi connectivity index (χ3v) is 4.33. The van der Waals surface area contributed by atoms with Crippen LogP contribution in [-0.4, -0.2) is 28.7 Å². The van der Waals surface area contributed by atoms with E-state index in [2.05, 4.69) is 15.6 Å². The molecule has 1 saturated carbocycles.